The molecule has 0 radical (unpaired) electrons. The smallest absolute Gasteiger partial charge is 0.310 e. The highest BCUT2D eigenvalue weighted by molar-refractivity contribution is 5.77. The van der Waals surface area contributed by atoms with Crippen LogP contribution in [0, 0.1) is 29.6 Å². The summed E-state index contributed by atoms with van der Waals surface area (Å²) in [7, 11) is 3.82. The third-order valence-electron chi connectivity index (χ3n) is 15.6. The minimum atomic E-state index is -0.554. The normalized spacial score (nSPS) is 39.7. The summed E-state index contributed by atoms with van der Waals surface area (Å²) in [4.78, 5) is 22.3. The molecule has 1 saturated heterocycles. The summed E-state index contributed by atoms with van der Waals surface area (Å²) >= 11 is 0. The summed E-state index contributed by atoms with van der Waals surface area (Å²) in [5.41, 5.74) is 6.88. The number of methoxy groups -OCH3 is 2. The Hall–Kier alpha value is -1.83. The monoisotopic (exact) mass is 706 g/mol. The first kappa shape index (κ1) is 37.5. The van der Waals surface area contributed by atoms with Crippen molar-refractivity contribution in [1.82, 2.24) is 14.7 Å². The molecule has 0 aromatic carbocycles. The Morgan fingerprint density at radius 3 is 1.76 bits per heavy atom. The average Bonchev–Trinajstić information content (AvgIpc) is 3.73. The minimum absolute atomic E-state index is 0.0361. The van der Waals surface area contributed by atoms with Crippen LogP contribution in [-0.2, 0) is 19.0 Å². The van der Waals surface area contributed by atoms with E-state index in [2.05, 4.69) is 62.3 Å². The van der Waals surface area contributed by atoms with E-state index in [1.54, 1.807) is 11.1 Å². The second kappa shape index (κ2) is 15.5. The van der Waals surface area contributed by atoms with Crippen molar-refractivity contribution in [3.05, 3.63) is 34.2 Å². The quantitative estimate of drug-likeness (QED) is 0.200. The summed E-state index contributed by atoms with van der Waals surface area (Å²) < 4.78 is 19.4. The van der Waals surface area contributed by atoms with Gasteiger partial charge in [-0.15, -0.1) is 0 Å². The van der Waals surface area contributed by atoms with E-state index in [4.69, 9.17) is 14.2 Å². The maximum absolute atomic E-state index is 14.2. The van der Waals surface area contributed by atoms with Gasteiger partial charge in [0, 0.05) is 80.5 Å². The lowest BCUT2D eigenvalue weighted by atomic mass is 9.62. The molecule has 0 amide bonds. The highest BCUT2D eigenvalue weighted by Crippen LogP contribution is 2.58. The van der Waals surface area contributed by atoms with Gasteiger partial charge >= 0.3 is 5.97 Å². The third kappa shape index (κ3) is 6.35. The fraction of sp³-hybridized carbons (Fsp3) is 0.841. The Bertz CT molecular complexity index is 1300. The van der Waals surface area contributed by atoms with Crippen LogP contribution in [0.2, 0.25) is 0 Å². The van der Waals surface area contributed by atoms with E-state index < -0.39 is 5.60 Å². The second-order valence-corrected chi connectivity index (χ2v) is 17.3. The van der Waals surface area contributed by atoms with Gasteiger partial charge in [-0.2, -0.15) is 0 Å². The number of esters is 1. The summed E-state index contributed by atoms with van der Waals surface area (Å²) in [5.74, 6) is 1.58. The van der Waals surface area contributed by atoms with Crippen LogP contribution >= 0.6 is 0 Å². The molecule has 7 rings (SSSR count). The number of allylic oxidation sites excluding steroid dienone is 3. The van der Waals surface area contributed by atoms with E-state index in [1.165, 1.54) is 49.1 Å². The molecule has 0 spiro atoms. The number of nitrogens with zero attached hydrogens (tertiary/aromatic N) is 3. The summed E-state index contributed by atoms with van der Waals surface area (Å²) in [6.07, 6.45) is 19.1. The van der Waals surface area contributed by atoms with Gasteiger partial charge in [-0.05, 0) is 141 Å². The van der Waals surface area contributed by atoms with Crippen molar-refractivity contribution >= 4 is 5.97 Å². The Kier molecular flexibility index (Phi) is 11.4. The van der Waals surface area contributed by atoms with Gasteiger partial charge in [0.25, 0.3) is 0 Å². The molecule has 286 valence electrons. The number of carbonyl (C=O) groups is 1. The lowest BCUT2D eigenvalue weighted by Gasteiger charge is -2.46. The first-order valence-electron chi connectivity index (χ1n) is 21.5. The van der Waals surface area contributed by atoms with E-state index >= 15 is 0 Å². The van der Waals surface area contributed by atoms with E-state index in [1.807, 2.05) is 14.2 Å². The van der Waals surface area contributed by atoms with Gasteiger partial charge in [-0.25, -0.2) is 0 Å². The van der Waals surface area contributed by atoms with Gasteiger partial charge in [0.2, 0.25) is 0 Å². The van der Waals surface area contributed by atoms with Crippen molar-refractivity contribution in [2.24, 2.45) is 29.6 Å². The van der Waals surface area contributed by atoms with E-state index in [-0.39, 0.29) is 30.0 Å². The number of cyclic esters (lactones) is 1. The first-order valence-corrected chi connectivity index (χ1v) is 21.5. The zero-order valence-corrected chi connectivity index (χ0v) is 33.6. The Morgan fingerprint density at radius 2 is 1.27 bits per heavy atom. The fourth-order valence-electron chi connectivity index (χ4n) is 13.2. The highest BCUT2D eigenvalue weighted by atomic mass is 16.6. The SMILES string of the molecule is CCN(CC)C1CCC(C2(C=C(C3=C(C)N(CC)C4CCC(OC)CC34)C3=C(C)N(CC)C4CCC(OC)CC34)OC(=O)C3CCCCC32)CC1. The van der Waals surface area contributed by atoms with Crippen molar-refractivity contribution in [3.8, 4) is 0 Å². The molecule has 0 aromatic rings. The van der Waals surface area contributed by atoms with Gasteiger partial charge in [0.1, 0.15) is 5.60 Å². The Balaban J connectivity index is 1.42. The van der Waals surface area contributed by atoms with Crippen molar-refractivity contribution in [2.45, 2.75) is 167 Å². The van der Waals surface area contributed by atoms with Gasteiger partial charge < -0.3 is 28.9 Å². The second-order valence-electron chi connectivity index (χ2n) is 17.3. The molecular weight excluding hydrogens is 635 g/mol. The van der Waals surface area contributed by atoms with E-state index in [9.17, 15) is 4.79 Å². The number of hydrogen-bond donors (Lipinski definition) is 0. The lowest BCUT2D eigenvalue weighted by molar-refractivity contribution is -0.152. The van der Waals surface area contributed by atoms with Crippen molar-refractivity contribution in [2.75, 3.05) is 40.4 Å². The molecule has 3 aliphatic heterocycles. The molecule has 0 bridgehead atoms. The van der Waals surface area contributed by atoms with Crippen LogP contribution in [0.15, 0.2) is 34.2 Å². The fourth-order valence-corrected chi connectivity index (χ4v) is 13.2. The molecule has 7 heteroatoms. The highest BCUT2D eigenvalue weighted by Gasteiger charge is 2.60. The predicted octanol–water partition coefficient (Wildman–Crippen LogP) is 8.50. The molecule has 4 saturated carbocycles. The first-order chi connectivity index (χ1) is 24.7. The summed E-state index contributed by atoms with van der Waals surface area (Å²) in [6.45, 7) is 18.4. The maximum Gasteiger partial charge on any atom is 0.310 e. The van der Waals surface area contributed by atoms with Crippen LogP contribution in [-0.4, -0.2) is 97.0 Å². The number of fused-ring (bicyclic) bond motifs is 3. The topological polar surface area (TPSA) is 54.5 Å². The van der Waals surface area contributed by atoms with Crippen LogP contribution in [0.4, 0.5) is 0 Å². The molecule has 9 unspecified atom stereocenters. The molecule has 7 nitrogen and oxygen atoms in total. The zero-order valence-electron chi connectivity index (χ0n) is 33.6. The molecule has 0 N–H and O–H groups in total. The van der Waals surface area contributed by atoms with Crippen molar-refractivity contribution in [3.63, 3.8) is 0 Å². The number of ether oxygens (including phenoxy) is 3. The van der Waals surface area contributed by atoms with Crippen LogP contribution in [0.1, 0.15) is 131 Å². The number of hydrogen-bond acceptors (Lipinski definition) is 7. The molecule has 4 aliphatic carbocycles. The molecule has 5 fully saturated rings. The molecule has 51 heavy (non-hydrogen) atoms. The minimum Gasteiger partial charge on any atom is -0.454 e. The van der Waals surface area contributed by atoms with Gasteiger partial charge in [0.15, 0.2) is 0 Å². The molecule has 0 aromatic heterocycles. The van der Waals surface area contributed by atoms with Crippen LogP contribution in [0.3, 0.4) is 0 Å². The summed E-state index contributed by atoms with van der Waals surface area (Å²) in [5, 5.41) is 0. The zero-order chi connectivity index (χ0) is 36.0. The van der Waals surface area contributed by atoms with E-state index in [0.29, 0.717) is 35.9 Å². The largest absolute Gasteiger partial charge is 0.454 e. The summed E-state index contributed by atoms with van der Waals surface area (Å²) in [6, 6.07) is 1.65. The van der Waals surface area contributed by atoms with Crippen LogP contribution in [0.25, 0.3) is 0 Å². The van der Waals surface area contributed by atoms with Crippen molar-refractivity contribution in [1.29, 1.82) is 0 Å². The predicted molar refractivity (Wildman–Crippen MR) is 205 cm³/mol. The van der Waals surface area contributed by atoms with Gasteiger partial charge in [0.05, 0.1) is 18.1 Å². The standard InChI is InChI=1S/C44H71N3O4/c1-9-45(10-2)31-19-17-30(18-20-31)44(38-16-14-13-15-34(38)43(48)51-44)27-37(41-28(5)46(11-3)39-23-21-32(49-7)25-35(39)41)42-29(6)47(12-4)40-24-22-33(50-8)26-36(40)42/h27,30-36,38-40H,9-26H2,1-8H3. The Morgan fingerprint density at radius 1 is 0.745 bits per heavy atom. The Labute approximate surface area is 310 Å². The number of rotatable bonds is 11. The van der Waals surface area contributed by atoms with Crippen LogP contribution in [0.5, 0.6) is 0 Å². The van der Waals surface area contributed by atoms with E-state index in [0.717, 1.165) is 84.0 Å². The van der Waals surface area contributed by atoms with Crippen molar-refractivity contribution < 1.29 is 19.0 Å². The van der Waals surface area contributed by atoms with Gasteiger partial charge in [-0.1, -0.05) is 26.7 Å². The third-order valence-corrected chi connectivity index (χ3v) is 15.6. The van der Waals surface area contributed by atoms with Crippen LogP contribution < -0.4 is 0 Å². The molecule has 7 aliphatic rings. The number of carbonyl (C=O) groups excluding carboxylic acids is 1. The maximum atomic E-state index is 14.2. The molecule has 9 atom stereocenters. The lowest BCUT2D eigenvalue weighted by Crippen LogP contribution is -2.48. The van der Waals surface area contributed by atoms with Gasteiger partial charge in [-0.3, -0.25) is 4.79 Å². The molecular formula is C44H71N3O4. The molecule has 3 heterocycles. The average molecular weight is 706 g/mol.